The van der Waals surface area contributed by atoms with Gasteiger partial charge in [-0.25, -0.2) is 19.4 Å². The third-order valence-electron chi connectivity index (χ3n) is 3.97. The fraction of sp³-hybridized carbons (Fsp3) is 0.263. The van der Waals surface area contributed by atoms with E-state index in [1.54, 1.807) is 43.2 Å². The van der Waals surface area contributed by atoms with Crippen LogP contribution in [0.1, 0.15) is 5.69 Å². The van der Waals surface area contributed by atoms with Gasteiger partial charge in [-0.15, -0.1) is 0 Å². The van der Waals surface area contributed by atoms with E-state index in [4.69, 9.17) is 9.47 Å². The van der Waals surface area contributed by atoms with E-state index in [0.29, 0.717) is 41.9 Å². The van der Waals surface area contributed by atoms with Crippen molar-refractivity contribution in [2.24, 2.45) is 0 Å². The van der Waals surface area contributed by atoms with Gasteiger partial charge < -0.3 is 25.4 Å². The van der Waals surface area contributed by atoms with Crippen LogP contribution in [-0.2, 0) is 0 Å². The first-order valence-electron chi connectivity index (χ1n) is 8.94. The van der Waals surface area contributed by atoms with Crippen molar-refractivity contribution >= 4 is 17.5 Å². The highest BCUT2D eigenvalue weighted by Gasteiger charge is 2.07. The van der Waals surface area contributed by atoms with Crippen molar-refractivity contribution in [1.82, 2.24) is 25.1 Å². The van der Waals surface area contributed by atoms with Gasteiger partial charge in [-0.05, 0) is 25.1 Å². The molecule has 0 radical (unpaired) electrons. The fourth-order valence-electron chi connectivity index (χ4n) is 2.57. The number of hydrogen-bond donors (Lipinski definition) is 3. The van der Waals surface area contributed by atoms with Crippen LogP contribution in [0, 0.1) is 6.92 Å². The lowest BCUT2D eigenvalue weighted by molar-refractivity contribution is 0.252. The van der Waals surface area contributed by atoms with Gasteiger partial charge in [0.1, 0.15) is 12.1 Å². The highest BCUT2D eigenvalue weighted by molar-refractivity contribution is 5.89. The number of nitrogens with one attached hydrogen (secondary N) is 3. The maximum Gasteiger partial charge on any atom is 0.319 e. The van der Waals surface area contributed by atoms with E-state index in [0.717, 1.165) is 5.69 Å². The largest absolute Gasteiger partial charge is 0.493 e. The SMILES string of the molecule is COc1ccc(NC(=O)NCCNc2cc(-n3ccc(C)n3)ncn2)cc1OC. The molecule has 2 aromatic heterocycles. The minimum absolute atomic E-state index is 0.325. The van der Waals surface area contributed by atoms with Crippen LogP contribution in [0.5, 0.6) is 11.5 Å². The van der Waals surface area contributed by atoms with Crippen molar-refractivity contribution in [2.45, 2.75) is 6.92 Å². The van der Waals surface area contributed by atoms with Gasteiger partial charge in [0.15, 0.2) is 17.3 Å². The van der Waals surface area contributed by atoms with E-state index < -0.39 is 0 Å². The Hall–Kier alpha value is -3.82. The first-order valence-corrected chi connectivity index (χ1v) is 8.94. The number of amides is 2. The number of ether oxygens (including phenoxy) is 2. The van der Waals surface area contributed by atoms with E-state index in [2.05, 4.69) is 31.0 Å². The molecule has 2 heterocycles. The monoisotopic (exact) mass is 397 g/mol. The van der Waals surface area contributed by atoms with Crippen molar-refractivity contribution in [1.29, 1.82) is 0 Å². The number of methoxy groups -OCH3 is 2. The Morgan fingerprint density at radius 1 is 1.07 bits per heavy atom. The first-order chi connectivity index (χ1) is 14.1. The molecule has 0 aliphatic carbocycles. The van der Waals surface area contributed by atoms with Crippen molar-refractivity contribution in [3.8, 4) is 17.3 Å². The van der Waals surface area contributed by atoms with Crippen LogP contribution in [0.3, 0.4) is 0 Å². The molecule has 0 bridgehead atoms. The minimum Gasteiger partial charge on any atom is -0.493 e. The van der Waals surface area contributed by atoms with Gasteiger partial charge in [-0.2, -0.15) is 5.10 Å². The molecular formula is C19H23N7O3. The van der Waals surface area contributed by atoms with Crippen LogP contribution in [0.25, 0.3) is 5.82 Å². The molecule has 0 fully saturated rings. The second kappa shape index (κ2) is 9.40. The molecule has 3 N–H and O–H groups in total. The number of aromatic nitrogens is 4. The zero-order valence-corrected chi connectivity index (χ0v) is 16.5. The molecule has 152 valence electrons. The van der Waals surface area contributed by atoms with Gasteiger partial charge in [0.25, 0.3) is 0 Å². The van der Waals surface area contributed by atoms with Crippen molar-refractivity contribution < 1.29 is 14.3 Å². The molecule has 10 nitrogen and oxygen atoms in total. The van der Waals surface area contributed by atoms with E-state index in [1.807, 2.05) is 19.2 Å². The summed E-state index contributed by atoms with van der Waals surface area (Å²) in [5.74, 6) is 2.44. The number of benzene rings is 1. The second-order valence-corrected chi connectivity index (χ2v) is 6.04. The van der Waals surface area contributed by atoms with Crippen LogP contribution in [0.15, 0.2) is 42.9 Å². The Morgan fingerprint density at radius 3 is 2.62 bits per heavy atom. The lowest BCUT2D eigenvalue weighted by Crippen LogP contribution is -2.32. The zero-order valence-electron chi connectivity index (χ0n) is 16.5. The Balaban J connectivity index is 1.46. The molecule has 0 saturated carbocycles. The first kappa shape index (κ1) is 19.9. The van der Waals surface area contributed by atoms with Gasteiger partial charge in [-0.3, -0.25) is 0 Å². The predicted octanol–water partition coefficient (Wildman–Crippen LogP) is 2.22. The summed E-state index contributed by atoms with van der Waals surface area (Å²) in [6, 6.07) is 8.51. The lowest BCUT2D eigenvalue weighted by Gasteiger charge is -2.12. The van der Waals surface area contributed by atoms with Crippen LogP contribution < -0.4 is 25.4 Å². The van der Waals surface area contributed by atoms with Gasteiger partial charge >= 0.3 is 6.03 Å². The summed E-state index contributed by atoms with van der Waals surface area (Å²) in [6.07, 6.45) is 3.30. The Morgan fingerprint density at radius 2 is 1.90 bits per heavy atom. The summed E-state index contributed by atoms with van der Waals surface area (Å²) < 4.78 is 12.1. The number of carbonyl (C=O) groups is 1. The molecule has 0 saturated heterocycles. The molecule has 2 amide bonds. The van der Waals surface area contributed by atoms with Crippen LogP contribution >= 0.6 is 0 Å². The maximum absolute atomic E-state index is 12.1. The van der Waals surface area contributed by atoms with Crippen molar-refractivity contribution in [2.75, 3.05) is 37.9 Å². The summed E-state index contributed by atoms with van der Waals surface area (Å²) in [5, 5.41) is 13.0. The third-order valence-corrected chi connectivity index (χ3v) is 3.97. The van der Waals surface area contributed by atoms with Gasteiger partial charge in [0.2, 0.25) is 0 Å². The van der Waals surface area contributed by atoms with Crippen molar-refractivity contribution in [3.63, 3.8) is 0 Å². The summed E-state index contributed by atoms with van der Waals surface area (Å²) in [6.45, 7) is 2.81. The molecule has 1 aromatic carbocycles. The fourth-order valence-corrected chi connectivity index (χ4v) is 2.57. The maximum atomic E-state index is 12.1. The molecule has 0 unspecified atom stereocenters. The molecule has 3 rings (SSSR count). The number of carbonyl (C=O) groups excluding carboxylic acids is 1. The van der Waals surface area contributed by atoms with Crippen molar-refractivity contribution in [3.05, 3.63) is 48.5 Å². The average Bonchev–Trinajstić information content (AvgIpc) is 3.17. The van der Waals surface area contributed by atoms with Crippen LogP contribution in [0.4, 0.5) is 16.3 Å². The minimum atomic E-state index is -0.325. The zero-order chi connectivity index (χ0) is 20.6. The molecule has 10 heteroatoms. The second-order valence-electron chi connectivity index (χ2n) is 6.04. The molecule has 0 atom stereocenters. The van der Waals surface area contributed by atoms with Crippen LogP contribution in [0.2, 0.25) is 0 Å². The summed E-state index contributed by atoms with van der Waals surface area (Å²) >= 11 is 0. The number of anilines is 2. The smallest absolute Gasteiger partial charge is 0.319 e. The molecule has 0 aliphatic rings. The van der Waals surface area contributed by atoms with E-state index in [9.17, 15) is 4.79 Å². The Bertz CT molecular complexity index is 974. The highest BCUT2D eigenvalue weighted by Crippen LogP contribution is 2.29. The number of hydrogen-bond acceptors (Lipinski definition) is 7. The van der Waals surface area contributed by atoms with Gasteiger partial charge in [0.05, 0.1) is 19.9 Å². The van der Waals surface area contributed by atoms with Crippen LogP contribution in [-0.4, -0.2) is 53.1 Å². The van der Waals surface area contributed by atoms with E-state index >= 15 is 0 Å². The standard InChI is InChI=1S/C19H23N7O3/c1-13-6-9-26(25-13)18-11-17(22-12-23-18)20-7-8-21-19(27)24-14-4-5-15(28-2)16(10-14)29-3/h4-6,9-12H,7-8H2,1-3H3,(H,20,22,23)(H2,21,24,27). The summed E-state index contributed by atoms with van der Waals surface area (Å²) in [7, 11) is 3.10. The topological polar surface area (TPSA) is 115 Å². The molecule has 3 aromatic rings. The normalized spacial score (nSPS) is 10.3. The summed E-state index contributed by atoms with van der Waals surface area (Å²) in [4.78, 5) is 20.4. The molecule has 0 spiro atoms. The van der Waals surface area contributed by atoms with E-state index in [1.165, 1.54) is 6.33 Å². The predicted molar refractivity (Wildman–Crippen MR) is 109 cm³/mol. The third kappa shape index (κ3) is 5.34. The summed E-state index contributed by atoms with van der Waals surface area (Å²) in [5.41, 5.74) is 1.51. The van der Waals surface area contributed by atoms with E-state index in [-0.39, 0.29) is 6.03 Å². The number of urea groups is 1. The molecule has 29 heavy (non-hydrogen) atoms. The molecule has 0 aliphatic heterocycles. The van der Waals surface area contributed by atoms with Gasteiger partial charge in [-0.1, -0.05) is 0 Å². The quantitative estimate of drug-likeness (QED) is 0.499. The Labute approximate surface area is 168 Å². The average molecular weight is 397 g/mol. The number of nitrogens with zero attached hydrogens (tertiary/aromatic N) is 4. The Kier molecular flexibility index (Phi) is 6.46. The number of rotatable bonds is 8. The number of aryl methyl sites for hydroxylation is 1. The van der Waals surface area contributed by atoms with Gasteiger partial charge in [0, 0.05) is 37.1 Å². The lowest BCUT2D eigenvalue weighted by atomic mass is 10.3. The molecular weight excluding hydrogens is 374 g/mol. The highest BCUT2D eigenvalue weighted by atomic mass is 16.5.